The molecule has 0 saturated carbocycles. The Labute approximate surface area is 181 Å². The van der Waals surface area contributed by atoms with Gasteiger partial charge in [-0.25, -0.2) is 0 Å². The first-order valence-corrected chi connectivity index (χ1v) is 10.5. The summed E-state index contributed by atoms with van der Waals surface area (Å²) in [6.07, 6.45) is 1.76. The third kappa shape index (κ3) is 4.41. The quantitative estimate of drug-likeness (QED) is 0.407. The fourth-order valence-electron chi connectivity index (χ4n) is 3.98. The normalized spacial score (nSPS) is 15.6. The van der Waals surface area contributed by atoms with Crippen molar-refractivity contribution in [2.24, 2.45) is 0 Å². The van der Waals surface area contributed by atoms with Gasteiger partial charge in [-0.05, 0) is 56.0 Å². The Morgan fingerprint density at radius 1 is 1.23 bits per heavy atom. The summed E-state index contributed by atoms with van der Waals surface area (Å²) in [6.45, 7) is 3.67. The average molecular weight is 425 g/mol. The Kier molecular flexibility index (Phi) is 6.22. The Hall–Kier alpha value is -2.94. The lowest BCUT2D eigenvalue weighted by atomic mass is 10.0. The molecule has 1 aromatic heterocycles. The summed E-state index contributed by atoms with van der Waals surface area (Å²) >= 11 is 0. The van der Waals surface area contributed by atoms with E-state index in [2.05, 4.69) is 21.5 Å². The molecule has 0 fully saturated rings. The average Bonchev–Trinajstić information content (AvgIpc) is 3.40. The molecule has 5 N–H and O–H groups in total. The summed E-state index contributed by atoms with van der Waals surface area (Å²) in [4.78, 5) is 4.60. The van der Waals surface area contributed by atoms with Crippen molar-refractivity contribution in [2.75, 3.05) is 18.9 Å². The van der Waals surface area contributed by atoms with Crippen molar-refractivity contribution >= 4 is 5.69 Å². The zero-order valence-electron chi connectivity index (χ0n) is 17.7. The molecule has 4 rings (SSSR count). The molecule has 0 saturated heterocycles. The summed E-state index contributed by atoms with van der Waals surface area (Å²) in [5, 5.41) is 26.3. The van der Waals surface area contributed by atoms with Crippen LogP contribution < -0.4 is 15.8 Å². The molecular formula is C23H28N4O4. The highest BCUT2D eigenvalue weighted by Gasteiger charge is 2.28. The molecule has 164 valence electrons. The van der Waals surface area contributed by atoms with Crippen molar-refractivity contribution in [1.82, 2.24) is 15.5 Å². The van der Waals surface area contributed by atoms with Crippen molar-refractivity contribution < 1.29 is 19.5 Å². The van der Waals surface area contributed by atoms with Crippen molar-refractivity contribution in [1.29, 1.82) is 0 Å². The molecule has 0 spiro atoms. The number of hydrogen-bond donors (Lipinski definition) is 4. The van der Waals surface area contributed by atoms with Gasteiger partial charge in [0.05, 0.1) is 31.0 Å². The van der Waals surface area contributed by atoms with Gasteiger partial charge in [-0.2, -0.15) is 4.98 Å². The van der Waals surface area contributed by atoms with E-state index in [1.807, 2.05) is 38.1 Å². The van der Waals surface area contributed by atoms with Gasteiger partial charge in [-0.15, -0.1) is 0 Å². The van der Waals surface area contributed by atoms with Gasteiger partial charge in [0.1, 0.15) is 5.75 Å². The number of benzene rings is 2. The molecule has 0 amide bonds. The molecule has 1 aliphatic carbocycles. The number of nitrogens with two attached hydrogens (primary N) is 1. The fourth-order valence-corrected chi connectivity index (χ4v) is 3.98. The zero-order chi connectivity index (χ0) is 22.0. The summed E-state index contributed by atoms with van der Waals surface area (Å²) in [6, 6.07) is 11.2. The molecule has 1 unspecified atom stereocenters. The summed E-state index contributed by atoms with van der Waals surface area (Å²) < 4.78 is 11.2. The Morgan fingerprint density at radius 3 is 2.74 bits per heavy atom. The molecule has 2 aromatic carbocycles. The molecule has 8 heteroatoms. The third-order valence-corrected chi connectivity index (χ3v) is 5.43. The van der Waals surface area contributed by atoms with Crippen molar-refractivity contribution in [3.05, 3.63) is 47.5 Å². The molecule has 1 atom stereocenters. The first-order valence-electron chi connectivity index (χ1n) is 10.5. The van der Waals surface area contributed by atoms with Gasteiger partial charge in [0, 0.05) is 17.2 Å². The number of aliphatic hydroxyl groups is 2. The maximum Gasteiger partial charge on any atom is 0.258 e. The van der Waals surface area contributed by atoms with Gasteiger partial charge in [0.15, 0.2) is 0 Å². The summed E-state index contributed by atoms with van der Waals surface area (Å²) in [5.41, 5.74) is 10.6. The summed E-state index contributed by atoms with van der Waals surface area (Å²) in [5.74, 6) is 1.54. The van der Waals surface area contributed by atoms with Gasteiger partial charge in [-0.1, -0.05) is 23.4 Å². The highest BCUT2D eigenvalue weighted by molar-refractivity contribution is 5.69. The smallest absolute Gasteiger partial charge is 0.258 e. The summed E-state index contributed by atoms with van der Waals surface area (Å²) in [7, 11) is 0. The largest absolute Gasteiger partial charge is 0.489 e. The molecule has 0 radical (unpaired) electrons. The van der Waals surface area contributed by atoms with Crippen LogP contribution in [0, 0.1) is 0 Å². The monoisotopic (exact) mass is 424 g/mol. The minimum Gasteiger partial charge on any atom is -0.489 e. The molecule has 0 bridgehead atoms. The number of rotatable bonds is 8. The van der Waals surface area contributed by atoms with Crippen molar-refractivity contribution in [3.8, 4) is 28.6 Å². The van der Waals surface area contributed by atoms with Crippen LogP contribution in [0.5, 0.6) is 5.75 Å². The number of ether oxygens (including phenoxy) is 1. The number of nitrogens with one attached hydrogen (secondary N) is 1. The Balaban J connectivity index is 1.59. The van der Waals surface area contributed by atoms with Gasteiger partial charge >= 0.3 is 0 Å². The van der Waals surface area contributed by atoms with Crippen LogP contribution in [0.1, 0.15) is 37.4 Å². The topological polar surface area (TPSA) is 127 Å². The van der Waals surface area contributed by atoms with Crippen molar-refractivity contribution in [3.63, 3.8) is 0 Å². The Bertz CT molecular complexity index is 1050. The lowest BCUT2D eigenvalue weighted by molar-refractivity contribution is 0.162. The Morgan fingerprint density at radius 2 is 2.03 bits per heavy atom. The van der Waals surface area contributed by atoms with Crippen molar-refractivity contribution in [2.45, 2.75) is 44.9 Å². The second-order valence-corrected chi connectivity index (χ2v) is 8.04. The lowest BCUT2D eigenvalue weighted by Gasteiger charge is -2.20. The molecule has 0 aliphatic heterocycles. The van der Waals surface area contributed by atoms with Crippen LogP contribution >= 0.6 is 0 Å². The first-order chi connectivity index (χ1) is 15.0. The van der Waals surface area contributed by atoms with E-state index in [1.54, 1.807) is 6.07 Å². The predicted molar refractivity (Wildman–Crippen MR) is 118 cm³/mol. The highest BCUT2D eigenvalue weighted by Crippen LogP contribution is 2.38. The highest BCUT2D eigenvalue weighted by atomic mass is 16.5. The first kappa shape index (κ1) is 21.3. The molecule has 1 aliphatic rings. The second kappa shape index (κ2) is 9.05. The number of aliphatic hydroxyl groups excluding tert-OH is 2. The van der Waals surface area contributed by atoms with E-state index >= 15 is 0 Å². The minimum absolute atomic E-state index is 0.0340. The van der Waals surface area contributed by atoms with Crippen LogP contribution in [-0.2, 0) is 6.42 Å². The molecule has 3 aromatic rings. The van der Waals surface area contributed by atoms with E-state index in [1.165, 1.54) is 0 Å². The van der Waals surface area contributed by atoms with Gasteiger partial charge in [0.25, 0.3) is 5.89 Å². The van der Waals surface area contributed by atoms with E-state index in [9.17, 15) is 10.2 Å². The maximum absolute atomic E-state index is 9.39. The maximum atomic E-state index is 9.39. The van der Waals surface area contributed by atoms with Crippen LogP contribution in [0.3, 0.4) is 0 Å². The zero-order valence-corrected chi connectivity index (χ0v) is 17.7. The van der Waals surface area contributed by atoms with Crippen LogP contribution in [0.4, 0.5) is 5.69 Å². The van der Waals surface area contributed by atoms with E-state index < -0.39 is 0 Å². The predicted octanol–water partition coefficient (Wildman–Crippen LogP) is 2.70. The molecule has 1 heterocycles. The third-order valence-electron chi connectivity index (χ3n) is 5.43. The van der Waals surface area contributed by atoms with Crippen LogP contribution in [0.15, 0.2) is 40.9 Å². The van der Waals surface area contributed by atoms with E-state index in [0.717, 1.165) is 35.1 Å². The number of fused-ring (bicyclic) bond motifs is 1. The van der Waals surface area contributed by atoms with Crippen LogP contribution in [-0.4, -0.2) is 45.7 Å². The number of nitrogen functional groups attached to an aromatic ring is 1. The van der Waals surface area contributed by atoms with E-state index in [0.29, 0.717) is 23.2 Å². The van der Waals surface area contributed by atoms with E-state index in [-0.39, 0.29) is 31.4 Å². The standard InChI is InChI=1S/C23H28N4O4/c1-13(2)30-21-9-6-14(10-19(21)24)23-26-22(27-31-23)18-5-3-4-17-16(18)7-8-20(17)25-15(11-28)12-29/h3-6,9-10,13,15,20,25,28-29H,7-8,11-12,24H2,1-2H3. The fraction of sp³-hybridized carbons (Fsp3) is 0.391. The molecule has 8 nitrogen and oxygen atoms in total. The van der Waals surface area contributed by atoms with Gasteiger partial charge in [-0.3, -0.25) is 0 Å². The van der Waals surface area contributed by atoms with Crippen LogP contribution in [0.25, 0.3) is 22.8 Å². The minimum atomic E-state index is -0.343. The lowest BCUT2D eigenvalue weighted by Crippen LogP contribution is -2.37. The van der Waals surface area contributed by atoms with Gasteiger partial charge in [0.2, 0.25) is 5.82 Å². The number of nitrogens with zero attached hydrogens (tertiary/aromatic N) is 2. The van der Waals surface area contributed by atoms with Crippen LogP contribution in [0.2, 0.25) is 0 Å². The molecular weight excluding hydrogens is 396 g/mol. The second-order valence-electron chi connectivity index (χ2n) is 8.04. The molecule has 31 heavy (non-hydrogen) atoms. The number of hydrogen-bond acceptors (Lipinski definition) is 8. The number of aromatic nitrogens is 2. The van der Waals surface area contributed by atoms with E-state index in [4.69, 9.17) is 15.0 Å². The number of anilines is 1. The SMILES string of the molecule is CC(C)Oc1ccc(-c2nc(-c3cccc4c3CCC4NC(CO)CO)no2)cc1N. The van der Waals surface area contributed by atoms with Gasteiger partial charge < -0.3 is 30.5 Å².